The van der Waals surface area contributed by atoms with Gasteiger partial charge in [-0.25, -0.2) is 0 Å². The van der Waals surface area contributed by atoms with Gasteiger partial charge in [-0.2, -0.15) is 0 Å². The van der Waals surface area contributed by atoms with Crippen molar-refractivity contribution < 1.29 is 0 Å². The van der Waals surface area contributed by atoms with E-state index in [4.69, 9.17) is 5.84 Å². The molecule has 0 fully saturated rings. The zero-order valence-corrected chi connectivity index (χ0v) is 7.18. The van der Waals surface area contributed by atoms with Crippen molar-refractivity contribution in [3.63, 3.8) is 0 Å². The van der Waals surface area contributed by atoms with Gasteiger partial charge in [-0.05, 0) is 17.4 Å². The molecule has 5 heteroatoms. The Morgan fingerprint density at radius 1 is 1.23 bits per heavy atom. The Balaban J connectivity index is 2.47. The number of hydrogen-bond donors (Lipinski definition) is 1. The average molecular weight is 175 g/mol. The highest BCUT2D eigenvalue weighted by molar-refractivity contribution is 5.54. The maximum atomic E-state index is 5.49. The summed E-state index contributed by atoms with van der Waals surface area (Å²) in [5.41, 5.74) is 2.11. The molecule has 0 unspecified atom stereocenters. The Kier molecular flexibility index (Phi) is 1.70. The predicted octanol–water partition coefficient (Wildman–Crippen LogP) is 0.362. The lowest BCUT2D eigenvalue weighted by Crippen LogP contribution is -2.11. The number of aryl methyl sites for hydroxylation is 1. The number of rotatable bonds is 1. The van der Waals surface area contributed by atoms with E-state index >= 15 is 0 Å². The van der Waals surface area contributed by atoms with Crippen LogP contribution in [0.2, 0.25) is 0 Å². The summed E-state index contributed by atoms with van der Waals surface area (Å²) in [7, 11) is 0. The van der Waals surface area contributed by atoms with Crippen LogP contribution in [0.4, 0.5) is 0 Å². The smallest absolute Gasteiger partial charge is 0.204 e. The van der Waals surface area contributed by atoms with Crippen LogP contribution in [0.15, 0.2) is 24.3 Å². The molecular weight excluding hydrogens is 166 g/mol. The molecule has 0 bridgehead atoms. The minimum atomic E-state index is 0.569. The van der Waals surface area contributed by atoms with Gasteiger partial charge in [0.15, 0.2) is 0 Å². The van der Waals surface area contributed by atoms with Crippen molar-refractivity contribution in [2.45, 2.75) is 6.92 Å². The molecule has 5 nitrogen and oxygen atoms in total. The predicted molar refractivity (Wildman–Crippen MR) is 48.1 cm³/mol. The van der Waals surface area contributed by atoms with E-state index in [9.17, 15) is 0 Å². The molecule has 0 saturated carbocycles. The van der Waals surface area contributed by atoms with Crippen LogP contribution in [0.25, 0.3) is 11.4 Å². The molecule has 0 spiro atoms. The molecule has 0 saturated heterocycles. The molecule has 1 heterocycles. The van der Waals surface area contributed by atoms with Crippen LogP contribution in [0, 0.1) is 6.92 Å². The Morgan fingerprint density at radius 3 is 2.46 bits per heavy atom. The highest BCUT2D eigenvalue weighted by Crippen LogP contribution is 2.14. The summed E-state index contributed by atoms with van der Waals surface area (Å²) in [6.07, 6.45) is 0. The summed E-state index contributed by atoms with van der Waals surface area (Å²) in [4.78, 5) is 1.16. The minimum Gasteiger partial charge on any atom is -0.320 e. The molecule has 13 heavy (non-hydrogen) atoms. The lowest BCUT2D eigenvalue weighted by molar-refractivity contribution is 0.759. The van der Waals surface area contributed by atoms with Crippen molar-refractivity contribution in [3.05, 3.63) is 29.8 Å². The van der Waals surface area contributed by atoms with Gasteiger partial charge in [-0.1, -0.05) is 29.8 Å². The number of benzene rings is 1. The SMILES string of the molecule is Cc1ccc(-c2nnnn2N)cc1. The molecule has 2 aromatic rings. The first-order chi connectivity index (χ1) is 6.27. The number of nitrogens with zero attached hydrogens (tertiary/aromatic N) is 4. The van der Waals surface area contributed by atoms with Crippen LogP contribution >= 0.6 is 0 Å². The fourth-order valence-electron chi connectivity index (χ4n) is 1.09. The van der Waals surface area contributed by atoms with Crippen molar-refractivity contribution in [3.8, 4) is 11.4 Å². The Bertz CT molecular complexity index is 403. The highest BCUT2D eigenvalue weighted by atomic mass is 15.6. The zero-order chi connectivity index (χ0) is 9.26. The molecule has 2 rings (SSSR count). The van der Waals surface area contributed by atoms with Gasteiger partial charge in [0.05, 0.1) is 0 Å². The molecule has 1 aromatic carbocycles. The van der Waals surface area contributed by atoms with E-state index in [0.717, 1.165) is 10.4 Å². The summed E-state index contributed by atoms with van der Waals surface area (Å²) < 4.78 is 0. The Morgan fingerprint density at radius 2 is 1.92 bits per heavy atom. The maximum Gasteiger partial charge on any atom is 0.204 e. The Labute approximate surface area is 75.1 Å². The molecular formula is C8H9N5. The standard InChI is InChI=1S/C8H9N5/c1-6-2-4-7(5-3-6)8-10-11-12-13(8)9/h2-5H,9H2,1H3. The average Bonchev–Trinajstić information content (AvgIpc) is 2.53. The van der Waals surface area contributed by atoms with Crippen molar-refractivity contribution >= 4 is 0 Å². The molecule has 0 aliphatic rings. The quantitative estimate of drug-likeness (QED) is 0.635. The maximum absolute atomic E-state index is 5.49. The van der Waals surface area contributed by atoms with Crippen LogP contribution in [-0.2, 0) is 0 Å². The summed E-state index contributed by atoms with van der Waals surface area (Å²) in [5, 5.41) is 10.8. The van der Waals surface area contributed by atoms with Crippen LogP contribution in [0.1, 0.15) is 5.56 Å². The third-order valence-corrected chi connectivity index (χ3v) is 1.80. The van der Waals surface area contributed by atoms with Crippen LogP contribution in [0.3, 0.4) is 0 Å². The van der Waals surface area contributed by atoms with Gasteiger partial charge in [0.1, 0.15) is 0 Å². The van der Waals surface area contributed by atoms with Gasteiger partial charge in [0.25, 0.3) is 0 Å². The number of aromatic nitrogens is 4. The summed E-state index contributed by atoms with van der Waals surface area (Å²) in [6, 6.07) is 7.85. The molecule has 0 atom stereocenters. The van der Waals surface area contributed by atoms with E-state index in [0.29, 0.717) is 5.82 Å². The summed E-state index contributed by atoms with van der Waals surface area (Å²) >= 11 is 0. The van der Waals surface area contributed by atoms with Gasteiger partial charge in [-0.15, -0.1) is 9.89 Å². The van der Waals surface area contributed by atoms with Crippen LogP contribution < -0.4 is 5.84 Å². The van der Waals surface area contributed by atoms with Crippen LogP contribution in [-0.4, -0.2) is 20.3 Å². The second-order valence-electron chi connectivity index (χ2n) is 2.81. The number of hydrogen-bond acceptors (Lipinski definition) is 4. The van der Waals surface area contributed by atoms with E-state index in [1.165, 1.54) is 5.56 Å². The molecule has 1 aromatic heterocycles. The fraction of sp³-hybridized carbons (Fsp3) is 0.125. The van der Waals surface area contributed by atoms with E-state index in [1.54, 1.807) is 0 Å². The normalized spacial score (nSPS) is 10.2. The van der Waals surface area contributed by atoms with E-state index < -0.39 is 0 Å². The minimum absolute atomic E-state index is 0.569. The molecule has 0 radical (unpaired) electrons. The topological polar surface area (TPSA) is 69.6 Å². The van der Waals surface area contributed by atoms with E-state index in [-0.39, 0.29) is 0 Å². The monoisotopic (exact) mass is 175 g/mol. The number of nitrogen functional groups attached to an aromatic ring is 1. The molecule has 0 amide bonds. The highest BCUT2D eigenvalue weighted by Gasteiger charge is 2.04. The van der Waals surface area contributed by atoms with E-state index in [1.807, 2.05) is 31.2 Å². The molecule has 0 aliphatic carbocycles. The van der Waals surface area contributed by atoms with Crippen molar-refractivity contribution in [2.75, 3.05) is 5.84 Å². The number of tetrazole rings is 1. The van der Waals surface area contributed by atoms with Crippen molar-refractivity contribution in [1.82, 2.24) is 20.3 Å². The lowest BCUT2D eigenvalue weighted by Gasteiger charge is -1.98. The van der Waals surface area contributed by atoms with Crippen molar-refractivity contribution in [2.24, 2.45) is 0 Å². The van der Waals surface area contributed by atoms with Gasteiger partial charge >= 0.3 is 0 Å². The van der Waals surface area contributed by atoms with Crippen molar-refractivity contribution in [1.29, 1.82) is 0 Å². The zero-order valence-electron chi connectivity index (χ0n) is 7.18. The molecule has 66 valence electrons. The first kappa shape index (κ1) is 7.72. The third-order valence-electron chi connectivity index (χ3n) is 1.80. The van der Waals surface area contributed by atoms with E-state index in [2.05, 4.69) is 15.5 Å². The van der Waals surface area contributed by atoms with Gasteiger partial charge < -0.3 is 5.84 Å². The lowest BCUT2D eigenvalue weighted by atomic mass is 10.1. The Hall–Kier alpha value is -1.91. The third kappa shape index (κ3) is 1.35. The van der Waals surface area contributed by atoms with Gasteiger partial charge in [-0.3, -0.25) is 0 Å². The second-order valence-corrected chi connectivity index (χ2v) is 2.81. The van der Waals surface area contributed by atoms with Crippen LogP contribution in [0.5, 0.6) is 0 Å². The number of nitrogens with two attached hydrogens (primary N) is 1. The van der Waals surface area contributed by atoms with Gasteiger partial charge in [0, 0.05) is 5.56 Å². The first-order valence-electron chi connectivity index (χ1n) is 3.88. The van der Waals surface area contributed by atoms with Gasteiger partial charge in [0.2, 0.25) is 5.82 Å². The molecule has 2 N–H and O–H groups in total. The first-order valence-corrected chi connectivity index (χ1v) is 3.88. The second kappa shape index (κ2) is 2.85. The summed E-state index contributed by atoms with van der Waals surface area (Å²) in [6.45, 7) is 2.02. The fourth-order valence-corrected chi connectivity index (χ4v) is 1.09. The molecule has 0 aliphatic heterocycles. The summed E-state index contributed by atoms with van der Waals surface area (Å²) in [5.74, 6) is 6.06. The largest absolute Gasteiger partial charge is 0.320 e.